The summed E-state index contributed by atoms with van der Waals surface area (Å²) in [6.45, 7) is 0. The Kier molecular flexibility index (Phi) is 398. The van der Waals surface area contributed by atoms with E-state index in [2.05, 4.69) is 0 Å². The maximum absolute atomic E-state index is 8.46. The zero-order chi connectivity index (χ0) is 16.2. The van der Waals surface area contributed by atoms with E-state index in [-0.39, 0.29) is 119 Å². The third-order valence-corrected chi connectivity index (χ3v) is 0. The van der Waals surface area contributed by atoms with Crippen LogP contribution in [0.2, 0.25) is 0 Å². The third-order valence-electron chi connectivity index (χ3n) is 0. The molecular weight excluding hydrogens is 490 g/mol. The van der Waals surface area contributed by atoms with Crippen LogP contribution in [-0.4, -0.2) is 212 Å². The number of rotatable bonds is 0. The van der Waals surface area contributed by atoms with Crippen LogP contribution in [-0.2, 0) is 22.8 Å². The second-order valence-corrected chi connectivity index (χ2v) is 1.73. The van der Waals surface area contributed by atoms with Gasteiger partial charge in [-0.2, -0.15) is 0 Å². The summed E-state index contributed by atoms with van der Waals surface area (Å²) in [5, 5.41) is 0. The molecule has 0 bridgehead atoms. The standard InChI is InChI=1S/6Al.3Ca.H2O.12O/h;;;;;;;;;1H2;;;;;;;;;;;;/q;;;;;;3*+2;;;;;;;;6*-1. The molecule has 13 nitrogen and oxygen atoms in total. The monoisotopic (exact) mass is 492 g/mol. The molecule has 22 heavy (non-hydrogen) atoms. The molecule has 0 atom stereocenters. The van der Waals surface area contributed by atoms with Crippen molar-refractivity contribution in [3.63, 3.8) is 0 Å². The van der Waals surface area contributed by atoms with Gasteiger partial charge in [-0.3, -0.25) is 0 Å². The van der Waals surface area contributed by atoms with Gasteiger partial charge in [0.25, 0.3) is 0 Å². The van der Waals surface area contributed by atoms with Gasteiger partial charge in [0, 0.05) is 0 Å². The van der Waals surface area contributed by atoms with Crippen molar-refractivity contribution in [2.75, 3.05) is 0 Å². The SMILES string of the molecule is O.[Ca+2].[Ca+2].[Ca+2].[O]=[Al][O-].[O]=[Al][O-].[O]=[Al][O-].[O]=[Al][O-].[O]=[Al][O-].[O]=[Al][O-]. The van der Waals surface area contributed by atoms with Crippen molar-refractivity contribution in [1.29, 1.82) is 0 Å². The fourth-order valence-corrected chi connectivity index (χ4v) is 0. The van der Waals surface area contributed by atoms with Crippen molar-refractivity contribution < 1.29 is 53.2 Å². The second-order valence-electron chi connectivity index (χ2n) is 0.577. The van der Waals surface area contributed by atoms with E-state index in [0.717, 1.165) is 0 Å². The molecule has 0 aromatic carbocycles. The first kappa shape index (κ1) is 63.3. The molecule has 0 aromatic heterocycles. The minimum atomic E-state index is -1.75. The fourth-order valence-electron chi connectivity index (χ4n) is 0. The molecule has 0 saturated heterocycles. The Labute approximate surface area is 253 Å². The van der Waals surface area contributed by atoms with E-state index in [1.54, 1.807) is 0 Å². The Balaban J connectivity index is -0.00000000947. The van der Waals surface area contributed by atoms with Crippen LogP contribution in [0.1, 0.15) is 0 Å². The normalized spacial score (nSPS) is 2.18. The molecule has 0 aliphatic rings. The van der Waals surface area contributed by atoms with E-state index in [1.165, 1.54) is 0 Å². The van der Waals surface area contributed by atoms with Gasteiger partial charge in [-0.05, 0) is 0 Å². The second kappa shape index (κ2) is 139. The molecular formula is H2Al6Ca3O13. The molecule has 0 rings (SSSR count). The van der Waals surface area contributed by atoms with Gasteiger partial charge in [0.1, 0.15) is 0 Å². The van der Waals surface area contributed by atoms with E-state index < -0.39 is 92.9 Å². The number of hydrogen-bond acceptors (Lipinski definition) is 12. The summed E-state index contributed by atoms with van der Waals surface area (Å²) in [6.07, 6.45) is 0. The average Bonchev–Trinajstić information content (AvgIpc) is 2.23. The van der Waals surface area contributed by atoms with Gasteiger partial charge < -0.3 is 5.48 Å². The van der Waals surface area contributed by atoms with Crippen LogP contribution >= 0.6 is 0 Å². The first-order chi connectivity index (χ1) is 8.49. The molecule has 0 unspecified atom stereocenters. The van der Waals surface area contributed by atoms with Crippen molar-refractivity contribution >= 4 is 206 Å². The van der Waals surface area contributed by atoms with Gasteiger partial charge in [0.15, 0.2) is 0 Å². The molecule has 0 spiro atoms. The van der Waals surface area contributed by atoms with E-state index in [1.807, 2.05) is 0 Å². The van der Waals surface area contributed by atoms with Crippen molar-refractivity contribution in [2.24, 2.45) is 0 Å². The summed E-state index contributed by atoms with van der Waals surface area (Å²) in [7, 11) is 0. The Bertz CT molecular complexity index is 121. The van der Waals surface area contributed by atoms with Crippen LogP contribution in [0.25, 0.3) is 0 Å². The maximum atomic E-state index is 8.46. The summed E-state index contributed by atoms with van der Waals surface area (Å²) in [5.41, 5.74) is 0. The third kappa shape index (κ3) is 661. The minimum absolute atomic E-state index is 0. The van der Waals surface area contributed by atoms with Crippen molar-refractivity contribution in [1.82, 2.24) is 0 Å². The van der Waals surface area contributed by atoms with Crippen LogP contribution in [0.4, 0.5) is 0 Å². The van der Waals surface area contributed by atoms with Gasteiger partial charge in [-0.1, -0.05) is 0 Å². The van der Waals surface area contributed by atoms with E-state index in [9.17, 15) is 0 Å². The van der Waals surface area contributed by atoms with Gasteiger partial charge in [0.2, 0.25) is 0 Å². The summed E-state index contributed by atoms with van der Waals surface area (Å²) in [5.74, 6) is 0. The van der Waals surface area contributed by atoms with Crippen LogP contribution in [0.5, 0.6) is 0 Å². The van der Waals surface area contributed by atoms with Crippen LogP contribution < -0.4 is 24.9 Å². The summed E-state index contributed by atoms with van der Waals surface area (Å²) >= 11 is -10.5. The molecule has 0 amide bonds. The zero-order valence-corrected chi connectivity index (χ0v) is 24.5. The van der Waals surface area contributed by atoms with Gasteiger partial charge in [0.05, 0.1) is 0 Å². The van der Waals surface area contributed by atoms with E-state index >= 15 is 0 Å². The molecule has 0 fully saturated rings. The van der Waals surface area contributed by atoms with Crippen molar-refractivity contribution in [3.05, 3.63) is 0 Å². The molecule has 0 saturated carbocycles. The molecule has 104 valence electrons. The fraction of sp³-hybridized carbons (Fsp3) is 0. The predicted octanol–water partition coefficient (Wildman–Crippen LogP) is -12.1. The van der Waals surface area contributed by atoms with Crippen molar-refractivity contribution in [2.45, 2.75) is 0 Å². The Morgan fingerprint density at radius 1 is 0.364 bits per heavy atom. The molecule has 0 aliphatic heterocycles. The summed E-state index contributed by atoms with van der Waals surface area (Å²) < 4.78 is 101. The molecule has 0 aromatic rings. The Hall–Kier alpha value is 4.53. The predicted molar refractivity (Wildman–Crippen MR) is 59.5 cm³/mol. The molecule has 0 aliphatic carbocycles. The summed E-state index contributed by atoms with van der Waals surface area (Å²) in [4.78, 5) is 0. The molecule has 0 radical (unpaired) electrons. The van der Waals surface area contributed by atoms with Crippen LogP contribution in [0.3, 0.4) is 0 Å². The Morgan fingerprint density at radius 2 is 0.364 bits per heavy atom. The molecule has 22 heteroatoms. The molecule has 2 N–H and O–H groups in total. The number of hydrogen-bond donors (Lipinski definition) is 0. The van der Waals surface area contributed by atoms with Crippen LogP contribution in [0, 0.1) is 0 Å². The van der Waals surface area contributed by atoms with Gasteiger partial charge in [-0.15, -0.1) is 0 Å². The average molecular weight is 492 g/mol. The van der Waals surface area contributed by atoms with E-state index in [0.29, 0.717) is 0 Å². The quantitative estimate of drug-likeness (QED) is 0.285. The zero-order valence-electron chi connectivity index (χ0n) is 11.0. The van der Waals surface area contributed by atoms with Crippen molar-refractivity contribution in [3.8, 4) is 0 Å². The Morgan fingerprint density at radius 3 is 0.364 bits per heavy atom. The van der Waals surface area contributed by atoms with Gasteiger partial charge >= 0.3 is 254 Å². The topological polar surface area (TPSA) is 272 Å². The first-order valence-electron chi connectivity index (χ1n) is 2.83. The van der Waals surface area contributed by atoms with E-state index in [4.69, 9.17) is 47.8 Å². The summed E-state index contributed by atoms with van der Waals surface area (Å²) in [6, 6.07) is 0. The van der Waals surface area contributed by atoms with Gasteiger partial charge in [-0.25, -0.2) is 0 Å². The molecule has 0 heterocycles. The van der Waals surface area contributed by atoms with Crippen LogP contribution in [0.15, 0.2) is 0 Å². The first-order valence-corrected chi connectivity index (χ1v) is 8.49.